The fraction of sp³-hybridized carbons (Fsp3) is 0.400. The van der Waals surface area contributed by atoms with Crippen molar-refractivity contribution >= 4 is 5.69 Å². The molecule has 0 aromatic heterocycles. The minimum Gasteiger partial charge on any atom is -0.378 e. The van der Waals surface area contributed by atoms with Crippen molar-refractivity contribution in [2.75, 3.05) is 5.32 Å². The van der Waals surface area contributed by atoms with E-state index in [0.717, 1.165) is 0 Å². The molecule has 110 valence electrons. The Morgan fingerprint density at radius 3 is 2.29 bits per heavy atom. The first-order valence-corrected chi connectivity index (χ1v) is 8.00. The highest BCUT2D eigenvalue weighted by molar-refractivity contribution is 5.59. The largest absolute Gasteiger partial charge is 0.378 e. The first kappa shape index (κ1) is 14.2. The number of fused-ring (bicyclic) bond motifs is 1. The molecule has 0 amide bonds. The summed E-state index contributed by atoms with van der Waals surface area (Å²) in [6.45, 7) is 8.80. The minimum absolute atomic E-state index is 0.344. The van der Waals surface area contributed by atoms with Gasteiger partial charge in [-0.1, -0.05) is 35.9 Å². The van der Waals surface area contributed by atoms with Crippen molar-refractivity contribution in [3.05, 3.63) is 63.7 Å². The molecule has 1 aliphatic rings. The van der Waals surface area contributed by atoms with Crippen molar-refractivity contribution < 1.29 is 0 Å². The van der Waals surface area contributed by atoms with Gasteiger partial charge in [-0.15, -0.1) is 0 Å². The van der Waals surface area contributed by atoms with Crippen LogP contribution in [0.4, 0.5) is 5.69 Å². The number of rotatable bonds is 3. The molecule has 0 radical (unpaired) electrons. The fourth-order valence-electron chi connectivity index (χ4n) is 3.57. The van der Waals surface area contributed by atoms with Gasteiger partial charge in [0.25, 0.3) is 0 Å². The monoisotopic (exact) mass is 279 g/mol. The molecule has 1 atom stereocenters. The molecule has 0 saturated heterocycles. The number of nitrogens with one attached hydrogen (secondary N) is 1. The average Bonchev–Trinajstić information content (AvgIpc) is 2.89. The lowest BCUT2D eigenvalue weighted by molar-refractivity contribution is 0.875. The zero-order valence-electron chi connectivity index (χ0n) is 13.6. The van der Waals surface area contributed by atoms with Crippen LogP contribution >= 0.6 is 0 Å². The summed E-state index contributed by atoms with van der Waals surface area (Å²) in [6.07, 6.45) is 3.82. The normalized spacial score (nSPS) is 14.9. The van der Waals surface area contributed by atoms with E-state index in [1.807, 2.05) is 0 Å². The Bertz CT molecular complexity index is 647. The van der Waals surface area contributed by atoms with Crippen LogP contribution < -0.4 is 5.32 Å². The number of hydrogen-bond acceptors (Lipinski definition) is 1. The van der Waals surface area contributed by atoms with E-state index in [4.69, 9.17) is 0 Å². The van der Waals surface area contributed by atoms with Crippen molar-refractivity contribution in [1.82, 2.24) is 0 Å². The summed E-state index contributed by atoms with van der Waals surface area (Å²) >= 11 is 0. The molecule has 3 rings (SSSR count). The highest BCUT2D eigenvalue weighted by Gasteiger charge is 2.14. The summed E-state index contributed by atoms with van der Waals surface area (Å²) in [5, 5.41) is 3.71. The van der Waals surface area contributed by atoms with Crippen molar-refractivity contribution in [2.45, 2.75) is 53.0 Å². The highest BCUT2D eigenvalue weighted by Crippen LogP contribution is 2.29. The number of hydrogen-bond donors (Lipinski definition) is 1. The molecule has 0 saturated carbocycles. The Kier molecular flexibility index (Phi) is 3.75. The third kappa shape index (κ3) is 2.83. The molecule has 1 aliphatic carbocycles. The quantitative estimate of drug-likeness (QED) is 0.806. The molecule has 0 spiro atoms. The van der Waals surface area contributed by atoms with Gasteiger partial charge in [0.1, 0.15) is 0 Å². The molecule has 21 heavy (non-hydrogen) atoms. The van der Waals surface area contributed by atoms with E-state index in [-0.39, 0.29) is 0 Å². The van der Waals surface area contributed by atoms with Gasteiger partial charge in [0, 0.05) is 11.7 Å². The van der Waals surface area contributed by atoms with Gasteiger partial charge in [-0.25, -0.2) is 0 Å². The van der Waals surface area contributed by atoms with Gasteiger partial charge in [-0.2, -0.15) is 0 Å². The molecule has 0 bridgehead atoms. The summed E-state index contributed by atoms with van der Waals surface area (Å²) in [5.74, 6) is 0. The lowest BCUT2D eigenvalue weighted by Gasteiger charge is -2.20. The van der Waals surface area contributed by atoms with Crippen LogP contribution in [0.2, 0.25) is 0 Å². The maximum atomic E-state index is 3.71. The van der Waals surface area contributed by atoms with Crippen LogP contribution in [0.25, 0.3) is 0 Å². The summed E-state index contributed by atoms with van der Waals surface area (Å²) < 4.78 is 0. The van der Waals surface area contributed by atoms with Gasteiger partial charge in [0.15, 0.2) is 0 Å². The van der Waals surface area contributed by atoms with Crippen LogP contribution in [-0.4, -0.2) is 0 Å². The summed E-state index contributed by atoms with van der Waals surface area (Å²) in [7, 11) is 0. The van der Waals surface area contributed by atoms with E-state index in [2.05, 4.69) is 63.3 Å². The Morgan fingerprint density at radius 1 is 0.905 bits per heavy atom. The third-order valence-corrected chi connectivity index (χ3v) is 4.66. The molecule has 1 N–H and O–H groups in total. The summed E-state index contributed by atoms with van der Waals surface area (Å²) in [6, 6.07) is 11.9. The molecule has 1 nitrogen and oxygen atoms in total. The molecule has 0 fully saturated rings. The number of anilines is 1. The SMILES string of the molecule is Cc1cc(C)c(NC(C)c2ccc3c(c2)CCC3)c(C)c1. The Balaban J connectivity index is 1.85. The second-order valence-corrected chi connectivity index (χ2v) is 6.52. The molecule has 2 aromatic carbocycles. The van der Waals surface area contributed by atoms with Crippen LogP contribution in [0.1, 0.15) is 52.8 Å². The van der Waals surface area contributed by atoms with Gasteiger partial charge in [0.2, 0.25) is 0 Å². The van der Waals surface area contributed by atoms with Crippen LogP contribution in [0.15, 0.2) is 30.3 Å². The van der Waals surface area contributed by atoms with E-state index < -0.39 is 0 Å². The zero-order valence-corrected chi connectivity index (χ0v) is 13.6. The van der Waals surface area contributed by atoms with E-state index in [0.29, 0.717) is 6.04 Å². The van der Waals surface area contributed by atoms with Crippen molar-refractivity contribution in [3.8, 4) is 0 Å². The topological polar surface area (TPSA) is 12.0 Å². The molecule has 1 unspecified atom stereocenters. The minimum atomic E-state index is 0.344. The van der Waals surface area contributed by atoms with Gasteiger partial charge < -0.3 is 5.32 Å². The van der Waals surface area contributed by atoms with E-state index in [1.165, 1.54) is 47.2 Å². The first-order valence-electron chi connectivity index (χ1n) is 8.00. The number of benzene rings is 2. The highest BCUT2D eigenvalue weighted by atomic mass is 14.9. The lowest BCUT2D eigenvalue weighted by Crippen LogP contribution is -2.09. The van der Waals surface area contributed by atoms with E-state index in [9.17, 15) is 0 Å². The average molecular weight is 279 g/mol. The molecule has 0 aliphatic heterocycles. The fourth-order valence-corrected chi connectivity index (χ4v) is 3.57. The Morgan fingerprint density at radius 2 is 1.57 bits per heavy atom. The van der Waals surface area contributed by atoms with Gasteiger partial charge in [-0.3, -0.25) is 0 Å². The van der Waals surface area contributed by atoms with Crippen LogP contribution in [-0.2, 0) is 12.8 Å². The predicted molar refractivity (Wildman–Crippen MR) is 91.2 cm³/mol. The van der Waals surface area contributed by atoms with Crippen molar-refractivity contribution in [3.63, 3.8) is 0 Å². The summed E-state index contributed by atoms with van der Waals surface area (Å²) in [4.78, 5) is 0. The molecular weight excluding hydrogens is 254 g/mol. The Labute approximate surface area is 128 Å². The van der Waals surface area contributed by atoms with Crippen LogP contribution in [0.5, 0.6) is 0 Å². The molecule has 0 heterocycles. The van der Waals surface area contributed by atoms with Crippen molar-refractivity contribution in [1.29, 1.82) is 0 Å². The smallest absolute Gasteiger partial charge is 0.0485 e. The molecule has 1 heteroatoms. The Hall–Kier alpha value is -1.76. The van der Waals surface area contributed by atoms with E-state index >= 15 is 0 Å². The van der Waals surface area contributed by atoms with Crippen molar-refractivity contribution in [2.24, 2.45) is 0 Å². The van der Waals surface area contributed by atoms with Gasteiger partial charge in [-0.05, 0) is 74.8 Å². The lowest BCUT2D eigenvalue weighted by atomic mass is 10.00. The predicted octanol–water partition coefficient (Wildman–Crippen LogP) is 5.27. The maximum Gasteiger partial charge on any atom is 0.0485 e. The van der Waals surface area contributed by atoms with Gasteiger partial charge in [0.05, 0.1) is 0 Å². The second kappa shape index (κ2) is 5.55. The number of aryl methyl sites for hydroxylation is 5. The van der Waals surface area contributed by atoms with E-state index in [1.54, 1.807) is 11.1 Å². The third-order valence-electron chi connectivity index (χ3n) is 4.66. The van der Waals surface area contributed by atoms with Crippen LogP contribution in [0.3, 0.4) is 0 Å². The van der Waals surface area contributed by atoms with Crippen LogP contribution in [0, 0.1) is 20.8 Å². The first-order chi connectivity index (χ1) is 10.0. The molecule has 2 aromatic rings. The maximum absolute atomic E-state index is 3.71. The standard InChI is InChI=1S/C20H25N/c1-13-10-14(2)20(15(3)11-13)21-16(4)18-9-8-17-6-5-7-19(17)12-18/h8-12,16,21H,5-7H2,1-4H3. The van der Waals surface area contributed by atoms with Gasteiger partial charge >= 0.3 is 0 Å². The zero-order chi connectivity index (χ0) is 15.0. The second-order valence-electron chi connectivity index (χ2n) is 6.52. The summed E-state index contributed by atoms with van der Waals surface area (Å²) in [5.41, 5.74) is 9.79. The molecular formula is C20H25N.